The van der Waals surface area contributed by atoms with Gasteiger partial charge in [0.2, 0.25) is 5.88 Å². The maximum atomic E-state index is 12.6. The molecule has 7 heteroatoms. The van der Waals surface area contributed by atoms with Crippen molar-refractivity contribution in [1.82, 2.24) is 15.1 Å². The van der Waals surface area contributed by atoms with Gasteiger partial charge in [-0.25, -0.2) is 4.79 Å². The lowest BCUT2D eigenvalue weighted by Crippen LogP contribution is -2.52. The molecule has 2 atom stereocenters. The monoisotopic (exact) mass is 369 g/mol. The Bertz CT molecular complexity index is 783. The van der Waals surface area contributed by atoms with Gasteiger partial charge in [0.25, 0.3) is 0 Å². The number of carbonyl (C=O) groups excluding carboxylic acids is 1. The molecule has 2 aliphatic rings. The van der Waals surface area contributed by atoms with E-state index in [4.69, 9.17) is 9.47 Å². The lowest BCUT2D eigenvalue weighted by Gasteiger charge is -2.42. The molecule has 1 aromatic heterocycles. The number of hydrogen-bond acceptors (Lipinski definition) is 6. The third-order valence-electron chi connectivity index (χ3n) is 5.51. The van der Waals surface area contributed by atoms with Crippen LogP contribution >= 0.6 is 0 Å². The maximum Gasteiger partial charge on any atom is 0.410 e. The molecule has 4 rings (SSSR count). The van der Waals surface area contributed by atoms with Crippen LogP contribution in [0.1, 0.15) is 36.9 Å². The lowest BCUT2D eigenvalue weighted by molar-refractivity contribution is -0.0570. The molecule has 2 aromatic rings. The molecule has 1 aromatic carbocycles. The fourth-order valence-corrected chi connectivity index (χ4v) is 4.20. The van der Waals surface area contributed by atoms with Crippen LogP contribution in [0.15, 0.2) is 42.5 Å². The Balaban J connectivity index is 1.44. The number of ether oxygens (including phenoxy) is 2. The molecule has 1 amide bonds. The van der Waals surface area contributed by atoms with Gasteiger partial charge in [0.1, 0.15) is 12.2 Å². The second kappa shape index (κ2) is 7.15. The van der Waals surface area contributed by atoms with Crippen molar-refractivity contribution < 1.29 is 19.4 Å². The molecule has 0 spiro atoms. The highest BCUT2D eigenvalue weighted by Crippen LogP contribution is 2.45. The van der Waals surface area contributed by atoms with Gasteiger partial charge >= 0.3 is 6.09 Å². The Morgan fingerprint density at radius 1 is 1.15 bits per heavy atom. The number of nitrogens with zero attached hydrogens (tertiary/aromatic N) is 3. The first-order valence-electron chi connectivity index (χ1n) is 9.19. The summed E-state index contributed by atoms with van der Waals surface area (Å²) in [4.78, 5) is 14.4. The van der Waals surface area contributed by atoms with Gasteiger partial charge in [-0.2, -0.15) is 0 Å². The largest absolute Gasteiger partial charge is 0.480 e. The zero-order chi connectivity index (χ0) is 18.9. The number of piperidine rings is 1. The molecular weight excluding hydrogens is 346 g/mol. The summed E-state index contributed by atoms with van der Waals surface area (Å²) in [7, 11) is 1.53. The second-order valence-corrected chi connectivity index (χ2v) is 7.23. The van der Waals surface area contributed by atoms with Crippen LogP contribution in [-0.2, 0) is 16.9 Å². The highest BCUT2D eigenvalue weighted by Gasteiger charge is 2.51. The van der Waals surface area contributed by atoms with Crippen LogP contribution in [0.4, 0.5) is 4.79 Å². The van der Waals surface area contributed by atoms with Crippen LogP contribution < -0.4 is 4.74 Å². The van der Waals surface area contributed by atoms with Gasteiger partial charge in [0.05, 0.1) is 12.8 Å². The van der Waals surface area contributed by atoms with E-state index < -0.39 is 5.60 Å². The standard InChI is InChI=1S/C20H23N3O4/c1-26-18-10-9-17(21-22-18)20(25)11-15-7-8-16(12-20)23(15)19(24)27-13-14-5-3-2-4-6-14/h2-6,9-10,15-16,25H,7-8,11-13H2,1H3. The molecule has 27 heavy (non-hydrogen) atoms. The fourth-order valence-electron chi connectivity index (χ4n) is 4.20. The number of carbonyl (C=O) groups is 1. The van der Waals surface area contributed by atoms with Crippen molar-refractivity contribution in [2.75, 3.05) is 7.11 Å². The van der Waals surface area contributed by atoms with Crippen LogP contribution in [0.5, 0.6) is 5.88 Å². The molecule has 0 radical (unpaired) electrons. The van der Waals surface area contributed by atoms with Gasteiger partial charge in [-0.15, -0.1) is 10.2 Å². The number of methoxy groups -OCH3 is 1. The maximum absolute atomic E-state index is 12.6. The van der Waals surface area contributed by atoms with Gasteiger partial charge < -0.3 is 19.5 Å². The molecule has 1 N–H and O–H groups in total. The zero-order valence-corrected chi connectivity index (χ0v) is 15.2. The molecule has 0 saturated carbocycles. The van der Waals surface area contributed by atoms with Crippen molar-refractivity contribution in [2.45, 2.75) is 50.0 Å². The van der Waals surface area contributed by atoms with E-state index in [0.29, 0.717) is 24.4 Å². The number of fused-ring (bicyclic) bond motifs is 2. The quantitative estimate of drug-likeness (QED) is 0.892. The van der Waals surface area contributed by atoms with Crippen LogP contribution in [0.25, 0.3) is 0 Å². The predicted octanol–water partition coefficient (Wildman–Crippen LogP) is 2.64. The Morgan fingerprint density at radius 2 is 1.85 bits per heavy atom. The minimum atomic E-state index is -1.08. The Hall–Kier alpha value is -2.67. The first kappa shape index (κ1) is 17.7. The lowest BCUT2D eigenvalue weighted by atomic mass is 9.83. The molecule has 3 heterocycles. The molecule has 7 nitrogen and oxygen atoms in total. The highest BCUT2D eigenvalue weighted by molar-refractivity contribution is 5.69. The molecular formula is C20H23N3O4. The average molecular weight is 369 g/mol. The van der Waals surface area contributed by atoms with Crippen molar-refractivity contribution in [3.63, 3.8) is 0 Å². The minimum absolute atomic E-state index is 0.0547. The minimum Gasteiger partial charge on any atom is -0.480 e. The Kier molecular flexibility index (Phi) is 4.70. The van der Waals surface area contributed by atoms with Crippen LogP contribution in [0.3, 0.4) is 0 Å². The number of aliphatic hydroxyl groups is 1. The third kappa shape index (κ3) is 3.47. The predicted molar refractivity (Wildman–Crippen MR) is 97.0 cm³/mol. The summed E-state index contributed by atoms with van der Waals surface area (Å²) in [5, 5.41) is 19.3. The van der Waals surface area contributed by atoms with E-state index >= 15 is 0 Å². The van der Waals surface area contributed by atoms with Crippen molar-refractivity contribution in [2.24, 2.45) is 0 Å². The Labute approximate surface area is 157 Å². The first-order valence-corrected chi connectivity index (χ1v) is 9.19. The smallest absolute Gasteiger partial charge is 0.410 e. The van der Waals surface area contributed by atoms with Gasteiger partial charge in [0.15, 0.2) is 0 Å². The van der Waals surface area contributed by atoms with Crippen molar-refractivity contribution in [1.29, 1.82) is 0 Å². The summed E-state index contributed by atoms with van der Waals surface area (Å²) < 4.78 is 10.5. The molecule has 0 aliphatic carbocycles. The van der Waals surface area contributed by atoms with Gasteiger partial charge in [0, 0.05) is 31.0 Å². The molecule has 2 fully saturated rings. The van der Waals surface area contributed by atoms with Crippen LogP contribution in [-0.4, -0.2) is 45.5 Å². The van der Waals surface area contributed by atoms with E-state index in [0.717, 1.165) is 18.4 Å². The number of amides is 1. The van der Waals surface area contributed by atoms with Crippen LogP contribution in [0.2, 0.25) is 0 Å². The van der Waals surface area contributed by atoms with E-state index in [1.54, 1.807) is 17.0 Å². The average Bonchev–Trinajstić information content (AvgIpc) is 2.99. The number of hydrogen-bond donors (Lipinski definition) is 1. The number of rotatable bonds is 4. The highest BCUT2D eigenvalue weighted by atomic mass is 16.6. The summed E-state index contributed by atoms with van der Waals surface area (Å²) >= 11 is 0. The number of benzene rings is 1. The summed E-state index contributed by atoms with van der Waals surface area (Å²) in [6.07, 6.45) is 2.28. The van der Waals surface area contributed by atoms with Gasteiger partial charge in [-0.05, 0) is 24.5 Å². The molecule has 2 bridgehead atoms. The second-order valence-electron chi connectivity index (χ2n) is 7.23. The zero-order valence-electron chi connectivity index (χ0n) is 15.2. The van der Waals surface area contributed by atoms with E-state index in [1.165, 1.54) is 7.11 Å². The van der Waals surface area contributed by atoms with E-state index in [9.17, 15) is 9.90 Å². The SMILES string of the molecule is COc1ccc(C2(O)CC3CCC(C2)N3C(=O)OCc2ccccc2)nn1. The van der Waals surface area contributed by atoms with E-state index in [1.807, 2.05) is 30.3 Å². The van der Waals surface area contributed by atoms with Crippen molar-refractivity contribution >= 4 is 6.09 Å². The summed E-state index contributed by atoms with van der Waals surface area (Å²) in [5.74, 6) is 0.409. The molecule has 2 unspecified atom stereocenters. The Morgan fingerprint density at radius 3 is 2.44 bits per heavy atom. The van der Waals surface area contributed by atoms with Gasteiger partial charge in [-0.1, -0.05) is 30.3 Å². The fraction of sp³-hybridized carbons (Fsp3) is 0.450. The summed E-state index contributed by atoms with van der Waals surface area (Å²) in [6.45, 7) is 0.254. The summed E-state index contributed by atoms with van der Waals surface area (Å²) in [5.41, 5.74) is 0.402. The molecule has 142 valence electrons. The first-order chi connectivity index (χ1) is 13.1. The third-order valence-corrected chi connectivity index (χ3v) is 5.51. The van der Waals surface area contributed by atoms with Crippen molar-refractivity contribution in [3.05, 3.63) is 53.7 Å². The van der Waals surface area contributed by atoms with Crippen molar-refractivity contribution in [3.8, 4) is 5.88 Å². The van der Waals surface area contributed by atoms with Gasteiger partial charge in [-0.3, -0.25) is 0 Å². The van der Waals surface area contributed by atoms with Crippen LogP contribution in [0, 0.1) is 0 Å². The normalized spacial score (nSPS) is 26.7. The van der Waals surface area contributed by atoms with E-state index in [2.05, 4.69) is 10.2 Å². The summed E-state index contributed by atoms with van der Waals surface area (Å²) in [6, 6.07) is 13.0. The molecule has 2 aliphatic heterocycles. The topological polar surface area (TPSA) is 84.8 Å². The number of aromatic nitrogens is 2. The van der Waals surface area contributed by atoms with E-state index in [-0.39, 0.29) is 24.8 Å². The molecule has 2 saturated heterocycles.